The lowest BCUT2D eigenvalue weighted by Gasteiger charge is -2.20. The van der Waals surface area contributed by atoms with Crippen LogP contribution in [0.25, 0.3) is 0 Å². The number of benzene rings is 1. The van der Waals surface area contributed by atoms with Crippen molar-refractivity contribution in [2.45, 2.75) is 26.0 Å². The summed E-state index contributed by atoms with van der Waals surface area (Å²) in [6.45, 7) is -0.610. The average Bonchev–Trinajstić information content (AvgIpc) is 2.77. The Morgan fingerprint density at radius 2 is 2.18 bits per heavy atom. The lowest BCUT2D eigenvalue weighted by Crippen LogP contribution is -2.27. The Labute approximate surface area is 133 Å². The first-order valence-electron chi connectivity index (χ1n) is 6.95. The topological polar surface area (TPSA) is 55.4 Å². The highest BCUT2D eigenvalue weighted by Crippen LogP contribution is 2.30. The zero-order valence-corrected chi connectivity index (χ0v) is 13.6. The molecule has 124 valence electrons. The number of rotatable bonds is 6. The van der Waals surface area contributed by atoms with Gasteiger partial charge < -0.3 is 10.1 Å². The van der Waals surface area contributed by atoms with E-state index >= 15 is 0 Å². The lowest BCUT2D eigenvalue weighted by atomic mass is 10.1. The van der Waals surface area contributed by atoms with E-state index in [-0.39, 0.29) is 29.2 Å². The predicted octanol–water partition coefficient (Wildman–Crippen LogP) is 3.03. The van der Waals surface area contributed by atoms with Crippen LogP contribution in [0.5, 0.6) is 5.75 Å². The molecule has 22 heavy (non-hydrogen) atoms. The normalized spacial score (nSPS) is 22.0. The second-order valence-electron chi connectivity index (χ2n) is 5.46. The molecule has 1 saturated heterocycles. The summed E-state index contributed by atoms with van der Waals surface area (Å²) in [6.07, 6.45) is 0.623. The molecule has 1 aliphatic rings. The summed E-state index contributed by atoms with van der Waals surface area (Å²) < 4.78 is 52.2. The second-order valence-corrected chi connectivity index (χ2v) is 8.12. The lowest BCUT2D eigenvalue weighted by molar-refractivity contribution is -0.0506. The van der Waals surface area contributed by atoms with Crippen molar-refractivity contribution in [3.05, 3.63) is 28.8 Å². The van der Waals surface area contributed by atoms with Crippen LogP contribution in [-0.4, -0.2) is 33.1 Å². The van der Waals surface area contributed by atoms with Gasteiger partial charge in [-0.25, -0.2) is 8.42 Å². The van der Waals surface area contributed by atoms with Crippen molar-refractivity contribution in [3.63, 3.8) is 0 Å². The van der Waals surface area contributed by atoms with E-state index in [0.29, 0.717) is 23.6 Å². The fourth-order valence-corrected chi connectivity index (χ4v) is 4.59. The summed E-state index contributed by atoms with van der Waals surface area (Å²) in [6, 6.07) is 4.18. The van der Waals surface area contributed by atoms with Crippen LogP contribution >= 0.6 is 11.6 Å². The molecule has 1 aliphatic heterocycles. The molecule has 8 heteroatoms. The monoisotopic (exact) mass is 353 g/mol. The molecule has 0 amide bonds. The highest BCUT2D eigenvalue weighted by atomic mass is 35.5. The molecule has 0 aliphatic carbocycles. The Morgan fingerprint density at radius 3 is 2.77 bits per heavy atom. The molecule has 0 spiro atoms. The van der Waals surface area contributed by atoms with Crippen LogP contribution in [0.1, 0.15) is 24.9 Å². The van der Waals surface area contributed by atoms with Gasteiger partial charge in [0.1, 0.15) is 5.75 Å². The van der Waals surface area contributed by atoms with Gasteiger partial charge >= 0.3 is 6.61 Å². The third-order valence-corrected chi connectivity index (χ3v) is 5.77. The highest BCUT2D eigenvalue weighted by Gasteiger charge is 2.28. The maximum atomic E-state index is 12.4. The number of halogens is 3. The SMILES string of the molecule is CC(NCC1CCS(=O)(=O)C1)c1cc(Cl)ccc1OC(F)F. The van der Waals surface area contributed by atoms with E-state index in [1.165, 1.54) is 12.1 Å². The van der Waals surface area contributed by atoms with Crippen molar-refractivity contribution < 1.29 is 21.9 Å². The standard InChI is InChI=1S/C14H18ClF2NO3S/c1-9(18-7-10-4-5-22(19,20)8-10)12-6-11(15)2-3-13(12)21-14(16)17/h2-3,6,9-10,14,18H,4-5,7-8H2,1H3. The first-order chi connectivity index (χ1) is 10.3. The van der Waals surface area contributed by atoms with E-state index in [0.717, 1.165) is 0 Å². The molecule has 0 bridgehead atoms. The summed E-state index contributed by atoms with van der Waals surface area (Å²) in [4.78, 5) is 0. The minimum Gasteiger partial charge on any atom is -0.434 e. The molecule has 1 N–H and O–H groups in total. The number of nitrogens with one attached hydrogen (secondary N) is 1. The first kappa shape index (κ1) is 17.4. The van der Waals surface area contributed by atoms with Crippen molar-refractivity contribution in [1.29, 1.82) is 0 Å². The van der Waals surface area contributed by atoms with E-state index in [2.05, 4.69) is 10.1 Å². The van der Waals surface area contributed by atoms with Crippen LogP contribution in [0, 0.1) is 5.92 Å². The van der Waals surface area contributed by atoms with Gasteiger partial charge in [0.05, 0.1) is 11.5 Å². The summed E-state index contributed by atoms with van der Waals surface area (Å²) in [7, 11) is -2.92. The minimum atomic E-state index is -2.92. The van der Waals surface area contributed by atoms with E-state index < -0.39 is 16.4 Å². The van der Waals surface area contributed by atoms with E-state index in [1.807, 2.05) is 0 Å². The summed E-state index contributed by atoms with van der Waals surface area (Å²) in [5, 5.41) is 3.60. The first-order valence-corrected chi connectivity index (χ1v) is 9.15. The van der Waals surface area contributed by atoms with Gasteiger partial charge in [0.25, 0.3) is 0 Å². The van der Waals surface area contributed by atoms with Crippen LogP contribution < -0.4 is 10.1 Å². The zero-order valence-electron chi connectivity index (χ0n) is 12.1. The van der Waals surface area contributed by atoms with Crippen molar-refractivity contribution in [2.24, 2.45) is 5.92 Å². The molecule has 4 nitrogen and oxygen atoms in total. The van der Waals surface area contributed by atoms with Gasteiger partial charge in [-0.3, -0.25) is 0 Å². The van der Waals surface area contributed by atoms with Crippen molar-refractivity contribution in [2.75, 3.05) is 18.1 Å². The zero-order chi connectivity index (χ0) is 16.3. The van der Waals surface area contributed by atoms with Gasteiger partial charge in [0.2, 0.25) is 0 Å². The molecule has 2 rings (SSSR count). The Kier molecular flexibility index (Phi) is 5.63. The fraction of sp³-hybridized carbons (Fsp3) is 0.571. The van der Waals surface area contributed by atoms with Crippen LogP contribution in [0.15, 0.2) is 18.2 Å². The Morgan fingerprint density at radius 1 is 1.45 bits per heavy atom. The van der Waals surface area contributed by atoms with Crippen LogP contribution in [0.3, 0.4) is 0 Å². The molecule has 1 aromatic rings. The number of hydrogen-bond acceptors (Lipinski definition) is 4. The van der Waals surface area contributed by atoms with Crippen molar-refractivity contribution in [1.82, 2.24) is 5.32 Å². The van der Waals surface area contributed by atoms with Gasteiger partial charge in [-0.1, -0.05) is 11.6 Å². The average molecular weight is 354 g/mol. The summed E-state index contributed by atoms with van der Waals surface area (Å²) in [5.41, 5.74) is 0.522. The molecule has 0 aromatic heterocycles. The Bertz CT molecular complexity index is 625. The minimum absolute atomic E-state index is 0.0473. The smallest absolute Gasteiger partial charge is 0.387 e. The third-order valence-electron chi connectivity index (χ3n) is 3.69. The highest BCUT2D eigenvalue weighted by molar-refractivity contribution is 7.91. The fourth-order valence-electron chi connectivity index (χ4n) is 2.55. The van der Waals surface area contributed by atoms with Crippen LogP contribution in [0.2, 0.25) is 5.02 Å². The van der Waals surface area contributed by atoms with Crippen molar-refractivity contribution >= 4 is 21.4 Å². The van der Waals surface area contributed by atoms with Crippen LogP contribution in [0.4, 0.5) is 8.78 Å². The molecular weight excluding hydrogens is 336 g/mol. The number of sulfone groups is 1. The molecule has 1 aromatic carbocycles. The molecule has 2 atom stereocenters. The van der Waals surface area contributed by atoms with E-state index in [1.54, 1.807) is 13.0 Å². The Hall–Kier alpha value is -0.920. The third kappa shape index (κ3) is 4.79. The largest absolute Gasteiger partial charge is 0.434 e. The molecule has 0 saturated carbocycles. The number of hydrogen-bond donors (Lipinski definition) is 1. The van der Waals surface area contributed by atoms with Gasteiger partial charge in [-0.2, -0.15) is 8.78 Å². The number of alkyl halides is 2. The van der Waals surface area contributed by atoms with Crippen molar-refractivity contribution in [3.8, 4) is 5.75 Å². The van der Waals surface area contributed by atoms with Gasteiger partial charge in [0.15, 0.2) is 9.84 Å². The van der Waals surface area contributed by atoms with Gasteiger partial charge in [-0.05, 0) is 44.0 Å². The molecule has 2 unspecified atom stereocenters. The van der Waals surface area contributed by atoms with Crippen LogP contribution in [-0.2, 0) is 9.84 Å². The molecule has 1 heterocycles. The maximum absolute atomic E-state index is 12.4. The molecular formula is C14H18ClF2NO3S. The maximum Gasteiger partial charge on any atom is 0.387 e. The predicted molar refractivity (Wildman–Crippen MR) is 81.3 cm³/mol. The number of ether oxygens (including phenoxy) is 1. The Balaban J connectivity index is 2.02. The van der Waals surface area contributed by atoms with Gasteiger partial charge in [0, 0.05) is 16.6 Å². The summed E-state index contributed by atoms with van der Waals surface area (Å²) >= 11 is 5.91. The molecule has 0 radical (unpaired) electrons. The van der Waals surface area contributed by atoms with Gasteiger partial charge in [-0.15, -0.1) is 0 Å². The van der Waals surface area contributed by atoms with E-state index in [4.69, 9.17) is 11.6 Å². The van der Waals surface area contributed by atoms with E-state index in [9.17, 15) is 17.2 Å². The quantitative estimate of drug-likeness (QED) is 0.854. The summed E-state index contributed by atoms with van der Waals surface area (Å²) in [5.74, 6) is 0.498. The molecule has 1 fully saturated rings. The second kappa shape index (κ2) is 7.10.